The predicted octanol–water partition coefficient (Wildman–Crippen LogP) is 3.49. The Labute approximate surface area is 106 Å². The van der Waals surface area contributed by atoms with Gasteiger partial charge in [-0.1, -0.05) is 30.7 Å². The Hall–Kier alpha value is -1.06. The lowest BCUT2D eigenvalue weighted by molar-refractivity contribution is 0.284. The second-order valence-corrected chi connectivity index (χ2v) is 5.09. The molecule has 1 aromatic heterocycles. The summed E-state index contributed by atoms with van der Waals surface area (Å²) in [6.07, 6.45) is 3.14. The first-order valence-corrected chi connectivity index (χ1v) is 6.98. The number of hydrogen-bond donors (Lipinski definition) is 1. The Morgan fingerprint density at radius 1 is 1.00 bits per heavy atom. The van der Waals surface area contributed by atoms with Crippen molar-refractivity contribution in [2.24, 2.45) is 0 Å². The third-order valence-corrected chi connectivity index (χ3v) is 3.64. The zero-order chi connectivity index (χ0) is 11.9. The summed E-state index contributed by atoms with van der Waals surface area (Å²) >= 11 is 1.79. The van der Waals surface area contributed by atoms with Gasteiger partial charge in [0, 0.05) is 12.0 Å². The number of fused-ring (bicyclic) bond motifs is 1. The molecule has 0 saturated heterocycles. The largest absolute Gasteiger partial charge is 0.396 e. The minimum atomic E-state index is 0.304. The minimum Gasteiger partial charge on any atom is -0.396 e. The average molecular weight is 247 g/mol. The summed E-state index contributed by atoms with van der Waals surface area (Å²) in [6, 6.07) is 12.4. The molecule has 0 amide bonds. The molecule has 0 aliphatic rings. The second-order valence-electron chi connectivity index (χ2n) is 3.97. The monoisotopic (exact) mass is 247 g/mol. The number of aliphatic hydroxyl groups excluding tert-OH is 1. The number of nitrogens with zero attached hydrogens (tertiary/aromatic N) is 1. The SMILES string of the molecule is OCCCCCSc1ccc2ccccc2n1. The molecule has 0 aliphatic carbocycles. The maximum absolute atomic E-state index is 8.68. The lowest BCUT2D eigenvalue weighted by Crippen LogP contribution is -1.87. The highest BCUT2D eigenvalue weighted by Gasteiger charge is 1.98. The van der Waals surface area contributed by atoms with Gasteiger partial charge in [0.05, 0.1) is 10.5 Å². The maximum atomic E-state index is 8.68. The lowest BCUT2D eigenvalue weighted by atomic mass is 10.2. The van der Waals surface area contributed by atoms with Crippen LogP contribution >= 0.6 is 11.8 Å². The highest BCUT2D eigenvalue weighted by molar-refractivity contribution is 7.99. The van der Waals surface area contributed by atoms with Gasteiger partial charge in [-0.15, -0.1) is 11.8 Å². The van der Waals surface area contributed by atoms with Crippen LogP contribution in [-0.4, -0.2) is 22.5 Å². The maximum Gasteiger partial charge on any atom is 0.0967 e. The van der Waals surface area contributed by atoms with Crippen molar-refractivity contribution in [1.29, 1.82) is 0 Å². The minimum absolute atomic E-state index is 0.304. The van der Waals surface area contributed by atoms with Crippen LogP contribution in [0, 0.1) is 0 Å². The van der Waals surface area contributed by atoms with Crippen molar-refractivity contribution in [3.63, 3.8) is 0 Å². The van der Waals surface area contributed by atoms with Crippen molar-refractivity contribution in [2.45, 2.75) is 24.3 Å². The third kappa shape index (κ3) is 3.72. The van der Waals surface area contributed by atoms with E-state index in [-0.39, 0.29) is 0 Å². The number of aromatic nitrogens is 1. The van der Waals surface area contributed by atoms with Gasteiger partial charge in [0.15, 0.2) is 0 Å². The van der Waals surface area contributed by atoms with E-state index in [0.717, 1.165) is 35.6 Å². The molecule has 0 unspecified atom stereocenters. The third-order valence-electron chi connectivity index (χ3n) is 2.63. The van der Waals surface area contributed by atoms with Crippen molar-refractivity contribution in [2.75, 3.05) is 12.4 Å². The number of pyridine rings is 1. The Kier molecular flexibility index (Phi) is 4.83. The van der Waals surface area contributed by atoms with Crippen molar-refractivity contribution in [1.82, 2.24) is 4.98 Å². The van der Waals surface area contributed by atoms with Crippen LogP contribution in [0.2, 0.25) is 0 Å². The van der Waals surface area contributed by atoms with E-state index in [1.807, 2.05) is 18.2 Å². The number of rotatable bonds is 6. The number of para-hydroxylation sites is 1. The van der Waals surface area contributed by atoms with Gasteiger partial charge in [-0.3, -0.25) is 0 Å². The molecule has 1 aromatic carbocycles. The Morgan fingerprint density at radius 2 is 1.88 bits per heavy atom. The predicted molar refractivity (Wildman–Crippen MR) is 73.4 cm³/mol. The van der Waals surface area contributed by atoms with Crippen LogP contribution in [0.1, 0.15) is 19.3 Å². The molecule has 0 aliphatic heterocycles. The Morgan fingerprint density at radius 3 is 2.76 bits per heavy atom. The van der Waals surface area contributed by atoms with Gasteiger partial charge < -0.3 is 5.11 Å². The molecule has 2 rings (SSSR count). The van der Waals surface area contributed by atoms with Crippen LogP contribution in [0.25, 0.3) is 10.9 Å². The summed E-state index contributed by atoms with van der Waals surface area (Å²) in [6.45, 7) is 0.304. The van der Waals surface area contributed by atoms with Gasteiger partial charge in [0.25, 0.3) is 0 Å². The second kappa shape index (κ2) is 6.62. The molecule has 0 spiro atoms. The smallest absolute Gasteiger partial charge is 0.0967 e. The molecule has 0 bridgehead atoms. The van der Waals surface area contributed by atoms with Gasteiger partial charge in [-0.2, -0.15) is 0 Å². The van der Waals surface area contributed by atoms with Gasteiger partial charge in [-0.05, 0) is 30.7 Å². The molecule has 17 heavy (non-hydrogen) atoms. The van der Waals surface area contributed by atoms with Crippen molar-refractivity contribution in [3.05, 3.63) is 36.4 Å². The summed E-state index contributed by atoms with van der Waals surface area (Å²) in [5.74, 6) is 1.07. The van der Waals surface area contributed by atoms with E-state index in [1.54, 1.807) is 11.8 Å². The molecular weight excluding hydrogens is 230 g/mol. The van der Waals surface area contributed by atoms with E-state index in [0.29, 0.717) is 6.61 Å². The number of aliphatic hydroxyl groups is 1. The fourth-order valence-electron chi connectivity index (χ4n) is 1.70. The molecule has 0 atom stereocenters. The number of hydrogen-bond acceptors (Lipinski definition) is 3. The molecule has 1 heterocycles. The Balaban J connectivity index is 1.90. The van der Waals surface area contributed by atoms with Gasteiger partial charge in [-0.25, -0.2) is 4.98 Å². The van der Waals surface area contributed by atoms with E-state index < -0.39 is 0 Å². The van der Waals surface area contributed by atoms with Crippen LogP contribution in [0.5, 0.6) is 0 Å². The Bertz CT molecular complexity index is 472. The van der Waals surface area contributed by atoms with Gasteiger partial charge in [0.1, 0.15) is 0 Å². The fourth-order valence-corrected chi connectivity index (χ4v) is 2.58. The van der Waals surface area contributed by atoms with Gasteiger partial charge in [0.2, 0.25) is 0 Å². The molecule has 0 radical (unpaired) electrons. The molecule has 3 heteroatoms. The first kappa shape index (κ1) is 12.4. The zero-order valence-corrected chi connectivity index (χ0v) is 10.6. The molecule has 0 fully saturated rings. The summed E-state index contributed by atoms with van der Waals surface area (Å²) in [4.78, 5) is 4.61. The highest BCUT2D eigenvalue weighted by atomic mass is 32.2. The first-order chi connectivity index (χ1) is 8.40. The summed E-state index contributed by atoms with van der Waals surface area (Å²) < 4.78 is 0. The quantitative estimate of drug-likeness (QED) is 0.626. The van der Waals surface area contributed by atoms with E-state index in [1.165, 1.54) is 5.39 Å². The number of thioether (sulfide) groups is 1. The molecular formula is C14H17NOS. The summed E-state index contributed by atoms with van der Waals surface area (Å²) in [7, 11) is 0. The number of benzene rings is 1. The first-order valence-electron chi connectivity index (χ1n) is 5.99. The van der Waals surface area contributed by atoms with Crippen LogP contribution in [0.4, 0.5) is 0 Å². The average Bonchev–Trinajstić information content (AvgIpc) is 2.38. The van der Waals surface area contributed by atoms with E-state index in [2.05, 4.69) is 23.2 Å². The zero-order valence-electron chi connectivity index (χ0n) is 9.80. The van der Waals surface area contributed by atoms with Crippen molar-refractivity contribution >= 4 is 22.7 Å². The molecule has 2 aromatic rings. The summed E-state index contributed by atoms with van der Waals surface area (Å²) in [5, 5.41) is 11.0. The molecule has 90 valence electrons. The number of unbranched alkanes of at least 4 members (excludes halogenated alkanes) is 2. The van der Waals surface area contributed by atoms with Crippen LogP contribution in [0.3, 0.4) is 0 Å². The molecule has 2 nitrogen and oxygen atoms in total. The van der Waals surface area contributed by atoms with E-state index in [4.69, 9.17) is 5.11 Å². The van der Waals surface area contributed by atoms with Crippen LogP contribution in [-0.2, 0) is 0 Å². The van der Waals surface area contributed by atoms with Crippen molar-refractivity contribution in [3.8, 4) is 0 Å². The van der Waals surface area contributed by atoms with Gasteiger partial charge >= 0.3 is 0 Å². The molecule has 0 saturated carbocycles. The van der Waals surface area contributed by atoms with E-state index >= 15 is 0 Å². The normalized spacial score (nSPS) is 10.9. The lowest BCUT2D eigenvalue weighted by Gasteiger charge is -2.02. The standard InChI is InChI=1S/C14H17NOS/c16-10-4-1-5-11-17-14-9-8-12-6-2-3-7-13(12)15-14/h2-3,6-9,16H,1,4-5,10-11H2. The molecule has 1 N–H and O–H groups in total. The van der Waals surface area contributed by atoms with E-state index in [9.17, 15) is 0 Å². The van der Waals surface area contributed by atoms with Crippen LogP contribution < -0.4 is 0 Å². The fraction of sp³-hybridized carbons (Fsp3) is 0.357. The summed E-state index contributed by atoms with van der Waals surface area (Å²) in [5.41, 5.74) is 1.06. The topological polar surface area (TPSA) is 33.1 Å². The van der Waals surface area contributed by atoms with Crippen molar-refractivity contribution < 1.29 is 5.11 Å². The van der Waals surface area contributed by atoms with Crippen LogP contribution in [0.15, 0.2) is 41.4 Å². The highest BCUT2D eigenvalue weighted by Crippen LogP contribution is 2.20.